The van der Waals surface area contributed by atoms with Gasteiger partial charge in [0.15, 0.2) is 5.82 Å². The number of hydrogen-bond acceptors (Lipinski definition) is 7. The molecule has 0 atom stereocenters. The Hall–Kier alpha value is -1.85. The van der Waals surface area contributed by atoms with Crippen molar-refractivity contribution in [1.82, 2.24) is 40.4 Å². The summed E-state index contributed by atoms with van der Waals surface area (Å²) in [5.41, 5.74) is 0. The summed E-state index contributed by atoms with van der Waals surface area (Å²) in [4.78, 5) is 0.123. The molecule has 0 bridgehead atoms. The first-order valence-electron chi connectivity index (χ1n) is 6.61. The third-order valence-corrected chi connectivity index (χ3v) is 4.44. The van der Waals surface area contributed by atoms with Crippen LogP contribution in [-0.2, 0) is 23.1 Å². The van der Waals surface area contributed by atoms with Crippen LogP contribution in [0.4, 0.5) is 0 Å². The number of nitrogens with zero attached hydrogens (tertiary/aromatic N) is 5. The molecule has 3 N–H and O–H groups in total. The lowest BCUT2D eigenvalue weighted by atomic mass is 10.6. The maximum absolute atomic E-state index is 12.1. The molecule has 0 saturated heterocycles. The third kappa shape index (κ3) is 3.83. The number of aromatic amines is 1. The number of rotatable bonds is 8. The molecular weight excluding hydrogens is 296 g/mol. The van der Waals surface area contributed by atoms with Gasteiger partial charge in [-0.1, -0.05) is 5.21 Å². The first-order chi connectivity index (χ1) is 10.1. The molecule has 2 aromatic heterocycles. The maximum atomic E-state index is 12.1. The fourth-order valence-corrected chi connectivity index (χ4v) is 2.71. The molecule has 114 valence electrons. The Morgan fingerprint density at radius 3 is 3.00 bits per heavy atom. The van der Waals surface area contributed by atoms with Crippen molar-refractivity contribution in [2.75, 3.05) is 6.54 Å². The molecule has 2 heterocycles. The van der Waals surface area contributed by atoms with Gasteiger partial charge in [-0.2, -0.15) is 10.3 Å². The largest absolute Gasteiger partial charge is 0.312 e. The van der Waals surface area contributed by atoms with Crippen LogP contribution in [-0.4, -0.2) is 51.4 Å². The molecule has 3 rings (SSSR count). The van der Waals surface area contributed by atoms with Gasteiger partial charge in [-0.05, 0) is 12.8 Å². The van der Waals surface area contributed by atoms with Gasteiger partial charge in [0.05, 0.1) is 19.3 Å². The number of nitrogens with one attached hydrogen (secondary N) is 3. The summed E-state index contributed by atoms with van der Waals surface area (Å²) in [6, 6.07) is 0.625. The van der Waals surface area contributed by atoms with E-state index >= 15 is 0 Å². The van der Waals surface area contributed by atoms with E-state index in [-0.39, 0.29) is 17.3 Å². The molecule has 0 spiro atoms. The Labute approximate surface area is 121 Å². The fraction of sp³-hybridized carbons (Fsp3) is 0.600. The number of tetrazole rings is 1. The molecule has 1 aliphatic rings. The van der Waals surface area contributed by atoms with E-state index in [0.717, 1.165) is 6.54 Å². The smallest absolute Gasteiger partial charge is 0.244 e. The van der Waals surface area contributed by atoms with E-state index in [2.05, 4.69) is 35.8 Å². The second kappa shape index (κ2) is 5.87. The van der Waals surface area contributed by atoms with Crippen molar-refractivity contribution in [3.8, 4) is 0 Å². The lowest BCUT2D eigenvalue weighted by molar-refractivity contribution is 0.551. The van der Waals surface area contributed by atoms with Crippen LogP contribution in [0.25, 0.3) is 0 Å². The van der Waals surface area contributed by atoms with Gasteiger partial charge in [-0.25, -0.2) is 13.1 Å². The summed E-state index contributed by atoms with van der Waals surface area (Å²) in [6.45, 7) is 1.40. The van der Waals surface area contributed by atoms with Crippen molar-refractivity contribution in [3.05, 3.63) is 18.2 Å². The summed E-state index contributed by atoms with van der Waals surface area (Å²) in [7, 11) is -3.62. The molecule has 1 fully saturated rings. The van der Waals surface area contributed by atoms with Crippen LogP contribution in [0, 0.1) is 0 Å². The molecule has 0 unspecified atom stereocenters. The van der Waals surface area contributed by atoms with E-state index in [4.69, 9.17) is 0 Å². The van der Waals surface area contributed by atoms with E-state index in [1.54, 1.807) is 4.68 Å². The summed E-state index contributed by atoms with van der Waals surface area (Å²) in [5.74, 6) is 0.277. The van der Waals surface area contributed by atoms with Gasteiger partial charge >= 0.3 is 0 Å². The SMILES string of the molecule is O=S(=O)(NCc1nn[nH]n1)c1cnn(CCNC2CC2)c1. The van der Waals surface area contributed by atoms with E-state index < -0.39 is 10.0 Å². The van der Waals surface area contributed by atoms with Crippen molar-refractivity contribution in [2.45, 2.75) is 36.9 Å². The number of hydrogen-bond donors (Lipinski definition) is 3. The predicted octanol–water partition coefficient (Wildman–Crippen LogP) is -1.37. The Bertz CT molecular complexity index is 676. The van der Waals surface area contributed by atoms with Crippen molar-refractivity contribution < 1.29 is 8.42 Å². The minimum absolute atomic E-state index is 0.0206. The van der Waals surface area contributed by atoms with E-state index in [0.29, 0.717) is 12.6 Å². The zero-order valence-electron chi connectivity index (χ0n) is 11.2. The molecule has 21 heavy (non-hydrogen) atoms. The summed E-state index contributed by atoms with van der Waals surface area (Å²) in [6.07, 6.45) is 5.28. The lowest BCUT2D eigenvalue weighted by Gasteiger charge is -2.03. The maximum Gasteiger partial charge on any atom is 0.244 e. The molecule has 11 heteroatoms. The quantitative estimate of drug-likeness (QED) is 0.548. The molecular formula is C10H16N8O2S. The van der Waals surface area contributed by atoms with Gasteiger partial charge in [-0.15, -0.1) is 10.2 Å². The molecule has 0 aromatic carbocycles. The molecule has 1 saturated carbocycles. The van der Waals surface area contributed by atoms with Crippen LogP contribution in [0.3, 0.4) is 0 Å². The number of H-pyrrole nitrogens is 1. The first kappa shape index (κ1) is 14.1. The Morgan fingerprint density at radius 2 is 2.29 bits per heavy atom. The van der Waals surface area contributed by atoms with Crippen molar-refractivity contribution in [2.24, 2.45) is 0 Å². The highest BCUT2D eigenvalue weighted by atomic mass is 32.2. The van der Waals surface area contributed by atoms with Crippen LogP contribution in [0.5, 0.6) is 0 Å². The second-order valence-corrected chi connectivity index (χ2v) is 6.59. The van der Waals surface area contributed by atoms with E-state index in [1.807, 2.05) is 0 Å². The molecule has 10 nitrogen and oxygen atoms in total. The average molecular weight is 312 g/mol. The summed E-state index contributed by atoms with van der Waals surface area (Å²) in [5, 5.41) is 20.4. The normalized spacial score (nSPS) is 15.4. The summed E-state index contributed by atoms with van der Waals surface area (Å²) < 4.78 is 28.1. The zero-order chi connectivity index (χ0) is 14.7. The summed E-state index contributed by atoms with van der Waals surface area (Å²) >= 11 is 0. The molecule has 0 radical (unpaired) electrons. The Kier molecular flexibility index (Phi) is 3.94. The standard InChI is InChI=1S/C10H16N8O2S/c19-21(20,13-6-10-14-16-17-15-10)9-5-12-18(7-9)4-3-11-8-1-2-8/h5,7-8,11,13H,1-4,6H2,(H,14,15,16,17). The van der Waals surface area contributed by atoms with Crippen molar-refractivity contribution in [3.63, 3.8) is 0 Å². The van der Waals surface area contributed by atoms with Gasteiger partial charge in [0.1, 0.15) is 4.90 Å². The zero-order valence-corrected chi connectivity index (χ0v) is 12.0. The highest BCUT2D eigenvalue weighted by Crippen LogP contribution is 2.18. The van der Waals surface area contributed by atoms with Gasteiger partial charge in [0.25, 0.3) is 0 Å². The first-order valence-corrected chi connectivity index (χ1v) is 8.09. The van der Waals surface area contributed by atoms with Crippen LogP contribution in [0.1, 0.15) is 18.7 Å². The van der Waals surface area contributed by atoms with Gasteiger partial charge in [0, 0.05) is 18.8 Å². The molecule has 0 aliphatic heterocycles. The Morgan fingerprint density at radius 1 is 1.43 bits per heavy atom. The van der Waals surface area contributed by atoms with Crippen molar-refractivity contribution >= 4 is 10.0 Å². The molecule has 1 aliphatic carbocycles. The van der Waals surface area contributed by atoms with Gasteiger partial charge < -0.3 is 5.32 Å². The average Bonchev–Trinajstić information content (AvgIpc) is 2.94. The van der Waals surface area contributed by atoms with Crippen LogP contribution in [0.2, 0.25) is 0 Å². The monoisotopic (exact) mass is 312 g/mol. The van der Waals surface area contributed by atoms with Gasteiger partial charge in [-0.3, -0.25) is 4.68 Å². The topological polar surface area (TPSA) is 130 Å². The molecule has 0 amide bonds. The Balaban J connectivity index is 1.55. The highest BCUT2D eigenvalue weighted by molar-refractivity contribution is 7.89. The van der Waals surface area contributed by atoms with Crippen LogP contribution < -0.4 is 10.0 Å². The third-order valence-electron chi connectivity index (χ3n) is 3.08. The minimum atomic E-state index is -3.62. The fourth-order valence-electron chi connectivity index (χ4n) is 1.78. The van der Waals surface area contributed by atoms with E-state index in [9.17, 15) is 8.42 Å². The lowest BCUT2D eigenvalue weighted by Crippen LogP contribution is -2.24. The minimum Gasteiger partial charge on any atom is -0.312 e. The second-order valence-electron chi connectivity index (χ2n) is 4.82. The highest BCUT2D eigenvalue weighted by Gasteiger charge is 2.20. The van der Waals surface area contributed by atoms with Crippen LogP contribution >= 0.6 is 0 Å². The van der Waals surface area contributed by atoms with Gasteiger partial charge in [0.2, 0.25) is 10.0 Å². The predicted molar refractivity (Wildman–Crippen MR) is 71.5 cm³/mol. The molecule has 2 aromatic rings. The van der Waals surface area contributed by atoms with Crippen LogP contribution in [0.15, 0.2) is 17.3 Å². The number of aromatic nitrogens is 6. The van der Waals surface area contributed by atoms with E-state index in [1.165, 1.54) is 25.2 Å². The number of sulfonamides is 1. The van der Waals surface area contributed by atoms with Crippen molar-refractivity contribution in [1.29, 1.82) is 0 Å².